The van der Waals surface area contributed by atoms with Gasteiger partial charge in [-0.05, 0) is 46.7 Å². The van der Waals surface area contributed by atoms with Crippen LogP contribution in [0.25, 0.3) is 0 Å². The standard InChI is InChI=1S/C9H12INO2/c10-7-5-6(1-2-9(7)13)8(11)3-4-12/h1-2,5,8,12-13H,3-4,11H2. The van der Waals surface area contributed by atoms with Crippen molar-refractivity contribution >= 4 is 22.6 Å². The molecule has 1 atom stereocenters. The van der Waals surface area contributed by atoms with Gasteiger partial charge in [0.1, 0.15) is 5.75 Å². The van der Waals surface area contributed by atoms with Crippen molar-refractivity contribution in [2.24, 2.45) is 5.73 Å². The van der Waals surface area contributed by atoms with Gasteiger partial charge in [0.25, 0.3) is 0 Å². The molecule has 13 heavy (non-hydrogen) atoms. The summed E-state index contributed by atoms with van der Waals surface area (Å²) in [6.07, 6.45) is 0.543. The van der Waals surface area contributed by atoms with Crippen LogP contribution in [0.2, 0.25) is 0 Å². The molecule has 0 saturated carbocycles. The van der Waals surface area contributed by atoms with Gasteiger partial charge in [0, 0.05) is 12.6 Å². The lowest BCUT2D eigenvalue weighted by atomic mass is 10.1. The Hall–Kier alpha value is -0.330. The van der Waals surface area contributed by atoms with Crippen molar-refractivity contribution in [1.29, 1.82) is 0 Å². The van der Waals surface area contributed by atoms with Crippen LogP contribution >= 0.6 is 22.6 Å². The van der Waals surface area contributed by atoms with Gasteiger partial charge in [-0.2, -0.15) is 0 Å². The molecule has 0 aliphatic heterocycles. The molecule has 0 fully saturated rings. The maximum atomic E-state index is 9.26. The quantitative estimate of drug-likeness (QED) is 0.738. The van der Waals surface area contributed by atoms with Gasteiger partial charge in [-0.25, -0.2) is 0 Å². The van der Waals surface area contributed by atoms with Crippen LogP contribution in [-0.2, 0) is 0 Å². The molecule has 1 unspecified atom stereocenters. The number of nitrogens with two attached hydrogens (primary N) is 1. The first-order chi connectivity index (χ1) is 6.15. The number of aliphatic hydroxyl groups is 1. The Labute approximate surface area is 90.7 Å². The van der Waals surface area contributed by atoms with Gasteiger partial charge < -0.3 is 15.9 Å². The van der Waals surface area contributed by atoms with Crippen molar-refractivity contribution in [1.82, 2.24) is 0 Å². The van der Waals surface area contributed by atoms with Gasteiger partial charge in [0.2, 0.25) is 0 Å². The third kappa shape index (κ3) is 2.82. The van der Waals surface area contributed by atoms with E-state index in [0.717, 1.165) is 9.13 Å². The van der Waals surface area contributed by atoms with E-state index in [1.54, 1.807) is 12.1 Å². The molecule has 0 aromatic heterocycles. The number of aromatic hydroxyl groups is 1. The maximum absolute atomic E-state index is 9.26. The summed E-state index contributed by atoms with van der Waals surface area (Å²) in [4.78, 5) is 0. The normalized spacial score (nSPS) is 12.8. The zero-order valence-corrected chi connectivity index (χ0v) is 9.23. The van der Waals surface area contributed by atoms with Gasteiger partial charge in [0.15, 0.2) is 0 Å². The monoisotopic (exact) mass is 293 g/mol. The first-order valence-corrected chi connectivity index (χ1v) is 5.08. The molecule has 1 aromatic carbocycles. The highest BCUT2D eigenvalue weighted by Crippen LogP contribution is 2.23. The van der Waals surface area contributed by atoms with Crippen LogP contribution in [0.15, 0.2) is 18.2 Å². The Morgan fingerprint density at radius 1 is 1.46 bits per heavy atom. The minimum atomic E-state index is -0.154. The molecular weight excluding hydrogens is 281 g/mol. The van der Waals surface area contributed by atoms with Crippen molar-refractivity contribution in [3.63, 3.8) is 0 Å². The summed E-state index contributed by atoms with van der Waals surface area (Å²) in [5.74, 6) is 0.264. The van der Waals surface area contributed by atoms with E-state index in [1.807, 2.05) is 28.7 Å². The molecule has 0 spiro atoms. The lowest BCUT2D eigenvalue weighted by Gasteiger charge is -2.10. The van der Waals surface area contributed by atoms with Crippen molar-refractivity contribution in [3.8, 4) is 5.75 Å². The van der Waals surface area contributed by atoms with Crippen molar-refractivity contribution < 1.29 is 10.2 Å². The molecule has 4 N–H and O–H groups in total. The predicted molar refractivity (Wildman–Crippen MR) is 59.5 cm³/mol. The number of rotatable bonds is 3. The Balaban J connectivity index is 2.84. The number of halogens is 1. The number of phenols is 1. The molecule has 0 heterocycles. The van der Waals surface area contributed by atoms with E-state index in [9.17, 15) is 5.11 Å². The topological polar surface area (TPSA) is 66.5 Å². The Morgan fingerprint density at radius 3 is 2.69 bits per heavy atom. The summed E-state index contributed by atoms with van der Waals surface area (Å²) < 4.78 is 0.781. The number of aliphatic hydroxyl groups excluding tert-OH is 1. The maximum Gasteiger partial charge on any atom is 0.128 e. The van der Waals surface area contributed by atoms with Crippen LogP contribution in [0.4, 0.5) is 0 Å². The molecule has 0 saturated heterocycles. The largest absolute Gasteiger partial charge is 0.507 e. The summed E-state index contributed by atoms with van der Waals surface area (Å²) in [5.41, 5.74) is 6.72. The molecule has 0 bridgehead atoms. The second-order valence-corrected chi connectivity index (χ2v) is 3.99. The molecule has 4 heteroatoms. The van der Waals surface area contributed by atoms with E-state index in [0.29, 0.717) is 6.42 Å². The minimum Gasteiger partial charge on any atom is -0.507 e. The minimum absolute atomic E-state index is 0.0820. The summed E-state index contributed by atoms with van der Waals surface area (Å²) in [7, 11) is 0. The highest BCUT2D eigenvalue weighted by atomic mass is 127. The first kappa shape index (κ1) is 10.7. The van der Waals surface area contributed by atoms with Gasteiger partial charge in [-0.15, -0.1) is 0 Å². The first-order valence-electron chi connectivity index (χ1n) is 4.00. The molecular formula is C9H12INO2. The number of hydrogen-bond acceptors (Lipinski definition) is 3. The van der Waals surface area contributed by atoms with Gasteiger partial charge in [-0.3, -0.25) is 0 Å². The summed E-state index contributed by atoms with van der Waals surface area (Å²) in [6, 6.07) is 5.07. The second kappa shape index (κ2) is 4.78. The van der Waals surface area contributed by atoms with Crippen LogP contribution in [0.3, 0.4) is 0 Å². The van der Waals surface area contributed by atoms with Crippen molar-refractivity contribution in [2.45, 2.75) is 12.5 Å². The number of phenolic OH excluding ortho intramolecular Hbond substituents is 1. The molecule has 0 aliphatic rings. The van der Waals surface area contributed by atoms with E-state index in [2.05, 4.69) is 0 Å². The highest BCUT2D eigenvalue weighted by Gasteiger charge is 2.06. The highest BCUT2D eigenvalue weighted by molar-refractivity contribution is 14.1. The van der Waals surface area contributed by atoms with E-state index in [1.165, 1.54) is 0 Å². The molecule has 1 rings (SSSR count). The third-order valence-electron chi connectivity index (χ3n) is 1.84. The van der Waals surface area contributed by atoms with Crippen LogP contribution in [-0.4, -0.2) is 16.8 Å². The van der Waals surface area contributed by atoms with Crippen LogP contribution in [0.5, 0.6) is 5.75 Å². The number of benzene rings is 1. The molecule has 3 nitrogen and oxygen atoms in total. The fourth-order valence-corrected chi connectivity index (χ4v) is 1.60. The molecule has 72 valence electrons. The molecule has 1 aromatic rings. The zero-order chi connectivity index (χ0) is 9.84. The Bertz CT molecular complexity index is 291. The predicted octanol–water partition coefficient (Wildman–Crippen LogP) is 1.38. The van der Waals surface area contributed by atoms with Crippen molar-refractivity contribution in [2.75, 3.05) is 6.61 Å². The summed E-state index contributed by atoms with van der Waals surface area (Å²) in [5, 5.41) is 17.9. The Morgan fingerprint density at radius 2 is 2.15 bits per heavy atom. The second-order valence-electron chi connectivity index (χ2n) is 2.83. The average molecular weight is 293 g/mol. The molecule has 0 radical (unpaired) electrons. The van der Waals surface area contributed by atoms with Crippen LogP contribution in [0.1, 0.15) is 18.0 Å². The van der Waals surface area contributed by atoms with Gasteiger partial charge in [0.05, 0.1) is 3.57 Å². The Kier molecular flexibility index (Phi) is 3.95. The average Bonchev–Trinajstić information content (AvgIpc) is 2.10. The van der Waals surface area contributed by atoms with Gasteiger partial charge >= 0.3 is 0 Å². The van der Waals surface area contributed by atoms with Crippen LogP contribution in [0, 0.1) is 3.57 Å². The van der Waals surface area contributed by atoms with E-state index < -0.39 is 0 Å². The molecule has 0 aliphatic carbocycles. The van der Waals surface area contributed by atoms with Gasteiger partial charge in [-0.1, -0.05) is 6.07 Å². The third-order valence-corrected chi connectivity index (χ3v) is 2.70. The van der Waals surface area contributed by atoms with Crippen molar-refractivity contribution in [3.05, 3.63) is 27.3 Å². The van der Waals surface area contributed by atoms with E-state index in [-0.39, 0.29) is 18.4 Å². The number of hydrogen-bond donors (Lipinski definition) is 3. The molecule has 0 amide bonds. The SMILES string of the molecule is NC(CCO)c1ccc(O)c(I)c1. The van der Waals surface area contributed by atoms with E-state index >= 15 is 0 Å². The fraction of sp³-hybridized carbons (Fsp3) is 0.333. The lowest BCUT2D eigenvalue weighted by molar-refractivity contribution is 0.276. The lowest BCUT2D eigenvalue weighted by Crippen LogP contribution is -2.11. The summed E-state index contributed by atoms with van der Waals surface area (Å²) in [6.45, 7) is 0.0820. The van der Waals surface area contributed by atoms with Crippen LogP contribution < -0.4 is 5.73 Å². The van der Waals surface area contributed by atoms with E-state index in [4.69, 9.17) is 10.8 Å². The fourth-order valence-electron chi connectivity index (χ4n) is 1.06. The smallest absolute Gasteiger partial charge is 0.128 e. The summed E-state index contributed by atoms with van der Waals surface area (Å²) >= 11 is 2.04. The zero-order valence-electron chi connectivity index (χ0n) is 7.07.